The first kappa shape index (κ1) is 16.0. The lowest BCUT2D eigenvalue weighted by Crippen LogP contribution is -2.07. The molecule has 0 aliphatic rings. The number of methoxy groups -OCH3 is 1. The largest absolute Gasteiger partial charge is 0.513 e. The van der Waals surface area contributed by atoms with Crippen LogP contribution in [0.1, 0.15) is 56.7 Å². The van der Waals surface area contributed by atoms with Gasteiger partial charge in [-0.1, -0.05) is 45.4 Å². The summed E-state index contributed by atoms with van der Waals surface area (Å²) in [6.45, 7) is 2.24. The van der Waals surface area contributed by atoms with Crippen molar-refractivity contribution in [1.29, 1.82) is 0 Å². The molecule has 0 saturated carbocycles. The molecule has 1 rings (SSSR count). The molecule has 1 heterocycles. The summed E-state index contributed by atoms with van der Waals surface area (Å²) in [7, 11) is 1.32. The van der Waals surface area contributed by atoms with Gasteiger partial charge in [0, 0.05) is 4.88 Å². The zero-order valence-corrected chi connectivity index (χ0v) is 12.8. The summed E-state index contributed by atoms with van der Waals surface area (Å²) in [6, 6.07) is 1.83. The predicted octanol–water partition coefficient (Wildman–Crippen LogP) is 5.19. The maximum atomic E-state index is 11.1. The summed E-state index contributed by atoms with van der Waals surface area (Å²) in [4.78, 5) is 12.2. The van der Waals surface area contributed by atoms with Crippen LogP contribution in [-0.2, 0) is 11.2 Å². The van der Waals surface area contributed by atoms with Crippen molar-refractivity contribution in [2.24, 2.45) is 0 Å². The topological polar surface area (TPSA) is 35.5 Å². The second-order valence-corrected chi connectivity index (χ2v) is 5.64. The Balaban J connectivity index is 2.19. The summed E-state index contributed by atoms with van der Waals surface area (Å²) < 4.78 is 9.60. The standard InChI is InChI=1S/C15H24O3S/c1-3-4-5-6-7-8-9-10-14-13(11-12-19-14)18-15(16)17-2/h11-12H,3-10H2,1-2H3. The second kappa shape index (κ2) is 9.84. The Morgan fingerprint density at radius 1 is 1.16 bits per heavy atom. The first-order valence-electron chi connectivity index (χ1n) is 7.10. The van der Waals surface area contributed by atoms with E-state index in [1.54, 1.807) is 11.3 Å². The number of carbonyl (C=O) groups is 1. The third-order valence-corrected chi connectivity index (χ3v) is 4.03. The van der Waals surface area contributed by atoms with Gasteiger partial charge in [0.05, 0.1) is 7.11 Å². The Hall–Kier alpha value is -1.03. The summed E-state index contributed by atoms with van der Waals surface area (Å²) in [5.41, 5.74) is 0. The molecule has 0 fully saturated rings. The lowest BCUT2D eigenvalue weighted by atomic mass is 10.1. The average Bonchev–Trinajstić information content (AvgIpc) is 2.85. The Morgan fingerprint density at radius 3 is 2.53 bits per heavy atom. The van der Waals surface area contributed by atoms with Gasteiger partial charge in [0.15, 0.2) is 0 Å². The first-order valence-corrected chi connectivity index (χ1v) is 7.98. The van der Waals surface area contributed by atoms with Crippen molar-refractivity contribution in [1.82, 2.24) is 0 Å². The maximum Gasteiger partial charge on any atom is 0.513 e. The fourth-order valence-corrected chi connectivity index (χ4v) is 2.82. The highest BCUT2D eigenvalue weighted by molar-refractivity contribution is 7.10. The van der Waals surface area contributed by atoms with Gasteiger partial charge >= 0.3 is 6.16 Å². The van der Waals surface area contributed by atoms with E-state index in [1.165, 1.54) is 45.6 Å². The normalized spacial score (nSPS) is 10.4. The van der Waals surface area contributed by atoms with Crippen molar-refractivity contribution < 1.29 is 14.3 Å². The van der Waals surface area contributed by atoms with Gasteiger partial charge in [0.25, 0.3) is 0 Å². The zero-order valence-electron chi connectivity index (χ0n) is 11.9. The maximum absolute atomic E-state index is 11.1. The Bertz CT molecular complexity index is 360. The molecule has 3 nitrogen and oxygen atoms in total. The van der Waals surface area contributed by atoms with Crippen LogP contribution in [0, 0.1) is 0 Å². The lowest BCUT2D eigenvalue weighted by molar-refractivity contribution is 0.121. The summed E-state index contributed by atoms with van der Waals surface area (Å²) in [5.74, 6) is 0.655. The van der Waals surface area contributed by atoms with Crippen molar-refractivity contribution in [2.75, 3.05) is 7.11 Å². The van der Waals surface area contributed by atoms with E-state index in [9.17, 15) is 4.79 Å². The molecule has 0 aliphatic carbocycles. The Labute approximate surface area is 119 Å². The van der Waals surface area contributed by atoms with Gasteiger partial charge in [-0.15, -0.1) is 11.3 Å². The quantitative estimate of drug-likeness (QED) is 0.462. The Morgan fingerprint density at radius 2 is 1.84 bits per heavy atom. The van der Waals surface area contributed by atoms with Crippen LogP contribution >= 0.6 is 11.3 Å². The molecule has 0 aromatic carbocycles. The molecule has 0 amide bonds. The molecule has 0 N–H and O–H groups in total. The first-order chi connectivity index (χ1) is 9.27. The van der Waals surface area contributed by atoms with E-state index >= 15 is 0 Å². The number of hydrogen-bond acceptors (Lipinski definition) is 4. The summed E-state index contributed by atoms with van der Waals surface area (Å²) in [5, 5.41) is 1.95. The third-order valence-electron chi connectivity index (χ3n) is 3.07. The van der Waals surface area contributed by atoms with E-state index in [0.29, 0.717) is 5.75 Å². The molecule has 0 saturated heterocycles. The smallest absolute Gasteiger partial charge is 0.437 e. The minimum atomic E-state index is -0.640. The number of carbonyl (C=O) groups excluding carboxylic acids is 1. The minimum absolute atomic E-state index is 0.640. The lowest BCUT2D eigenvalue weighted by Gasteiger charge is -2.04. The van der Waals surface area contributed by atoms with Gasteiger partial charge in [0.2, 0.25) is 0 Å². The number of ether oxygens (including phenoxy) is 2. The van der Waals surface area contributed by atoms with E-state index in [-0.39, 0.29) is 0 Å². The van der Waals surface area contributed by atoms with Gasteiger partial charge in [-0.05, 0) is 24.3 Å². The molecule has 1 aromatic heterocycles. The van der Waals surface area contributed by atoms with E-state index in [4.69, 9.17) is 4.74 Å². The van der Waals surface area contributed by atoms with Gasteiger partial charge < -0.3 is 9.47 Å². The number of aryl methyl sites for hydroxylation is 1. The number of rotatable bonds is 9. The molecule has 0 radical (unpaired) electrons. The number of thiophene rings is 1. The molecule has 108 valence electrons. The van der Waals surface area contributed by atoms with Crippen molar-refractivity contribution in [3.05, 3.63) is 16.3 Å². The molecule has 0 unspecified atom stereocenters. The molecule has 0 atom stereocenters. The van der Waals surface area contributed by atoms with E-state index < -0.39 is 6.16 Å². The fraction of sp³-hybridized carbons (Fsp3) is 0.667. The molecular formula is C15H24O3S. The molecule has 19 heavy (non-hydrogen) atoms. The predicted molar refractivity (Wildman–Crippen MR) is 79.0 cm³/mol. The van der Waals surface area contributed by atoms with Gasteiger partial charge in [-0.2, -0.15) is 0 Å². The Kier molecular flexibility index (Phi) is 8.30. The van der Waals surface area contributed by atoms with Crippen LogP contribution < -0.4 is 4.74 Å². The van der Waals surface area contributed by atoms with Gasteiger partial charge in [-0.3, -0.25) is 0 Å². The SMILES string of the molecule is CCCCCCCCCc1sccc1OC(=O)OC. The molecule has 1 aromatic rings. The van der Waals surface area contributed by atoms with Crippen LogP contribution in [0.2, 0.25) is 0 Å². The van der Waals surface area contributed by atoms with E-state index in [0.717, 1.165) is 17.7 Å². The van der Waals surface area contributed by atoms with Crippen LogP contribution in [0.15, 0.2) is 11.4 Å². The van der Waals surface area contributed by atoms with Gasteiger partial charge in [-0.25, -0.2) is 4.79 Å². The van der Waals surface area contributed by atoms with E-state index in [1.807, 2.05) is 11.4 Å². The van der Waals surface area contributed by atoms with Crippen molar-refractivity contribution in [3.63, 3.8) is 0 Å². The molecule has 0 spiro atoms. The average molecular weight is 284 g/mol. The zero-order chi connectivity index (χ0) is 13.9. The van der Waals surface area contributed by atoms with Crippen LogP contribution in [0.5, 0.6) is 5.75 Å². The monoisotopic (exact) mass is 284 g/mol. The molecular weight excluding hydrogens is 260 g/mol. The van der Waals surface area contributed by atoms with E-state index in [2.05, 4.69) is 11.7 Å². The highest BCUT2D eigenvalue weighted by Crippen LogP contribution is 2.27. The third kappa shape index (κ3) is 6.62. The van der Waals surface area contributed by atoms with Gasteiger partial charge in [0.1, 0.15) is 5.75 Å². The molecule has 0 bridgehead atoms. The van der Waals surface area contributed by atoms with Crippen LogP contribution in [0.3, 0.4) is 0 Å². The van der Waals surface area contributed by atoms with Crippen LogP contribution in [0.4, 0.5) is 4.79 Å². The highest BCUT2D eigenvalue weighted by Gasteiger charge is 2.10. The van der Waals surface area contributed by atoms with Crippen molar-refractivity contribution in [3.8, 4) is 5.75 Å². The van der Waals surface area contributed by atoms with Crippen LogP contribution in [-0.4, -0.2) is 13.3 Å². The minimum Gasteiger partial charge on any atom is -0.437 e. The number of hydrogen-bond donors (Lipinski definition) is 0. The number of unbranched alkanes of at least 4 members (excludes halogenated alkanes) is 6. The summed E-state index contributed by atoms with van der Waals surface area (Å²) >= 11 is 1.64. The molecule has 0 aliphatic heterocycles. The van der Waals surface area contributed by atoms with Crippen molar-refractivity contribution >= 4 is 17.5 Å². The van der Waals surface area contributed by atoms with Crippen molar-refractivity contribution in [2.45, 2.75) is 58.3 Å². The van der Waals surface area contributed by atoms with Crippen LogP contribution in [0.25, 0.3) is 0 Å². The highest BCUT2D eigenvalue weighted by atomic mass is 32.1. The summed E-state index contributed by atoms with van der Waals surface area (Å²) in [6.07, 6.45) is 9.39. The fourth-order valence-electron chi connectivity index (χ4n) is 1.98. The molecule has 4 heteroatoms. The second-order valence-electron chi connectivity index (χ2n) is 4.64.